The Bertz CT molecular complexity index is 715. The summed E-state index contributed by atoms with van der Waals surface area (Å²) in [5, 5.41) is 14.5. The summed E-state index contributed by atoms with van der Waals surface area (Å²) in [6.07, 6.45) is 4.38. The Morgan fingerprint density at radius 1 is 1.35 bits per heavy atom. The zero-order valence-corrected chi connectivity index (χ0v) is 12.5. The van der Waals surface area contributed by atoms with E-state index in [1.807, 2.05) is 0 Å². The molecule has 0 spiro atoms. The normalized spacial score (nSPS) is 18.4. The molecule has 0 aromatic carbocycles. The number of carboxylic acid groups (broad SMARTS) is 1. The van der Waals surface area contributed by atoms with Crippen LogP contribution in [0.2, 0.25) is 0 Å². The summed E-state index contributed by atoms with van der Waals surface area (Å²) < 4.78 is 0. The molecular weight excluding hydrogens is 300 g/mol. The van der Waals surface area contributed by atoms with E-state index in [9.17, 15) is 9.59 Å². The smallest absolute Gasteiger partial charge is 0.407 e. The zero-order valence-electron chi connectivity index (χ0n) is 12.5. The van der Waals surface area contributed by atoms with Crippen LogP contribution in [0, 0.1) is 0 Å². The monoisotopic (exact) mass is 318 g/mol. The second kappa shape index (κ2) is 6.51. The van der Waals surface area contributed by atoms with Gasteiger partial charge in [-0.1, -0.05) is 0 Å². The van der Waals surface area contributed by atoms with Crippen LogP contribution in [-0.4, -0.2) is 56.2 Å². The summed E-state index contributed by atoms with van der Waals surface area (Å²) in [6.45, 7) is 0.931. The highest BCUT2D eigenvalue weighted by Crippen LogP contribution is 2.12. The molecule has 0 saturated carbocycles. The Kier molecular flexibility index (Phi) is 4.26. The molecule has 122 valence electrons. The molecule has 3 heterocycles. The van der Waals surface area contributed by atoms with Gasteiger partial charge in [0.15, 0.2) is 11.5 Å². The quantitative estimate of drug-likeness (QED) is 0.670. The van der Waals surface area contributed by atoms with Crippen molar-refractivity contribution < 1.29 is 14.7 Å². The third-order valence-corrected chi connectivity index (χ3v) is 3.84. The molecule has 0 aliphatic carbocycles. The number of H-pyrrole nitrogens is 1. The maximum atomic E-state index is 12.1. The standard InChI is InChI=1S/C14H18N6O3/c21-13(17-9-2-1-6-20(7-4-9)14(22)23)19-11-8-16-12-10(18-11)3-5-15-12/h3,5,8-9H,1-2,4,6-7H2,(H,15,16)(H,22,23)(H2,17,18,19,21). The third-order valence-electron chi connectivity index (χ3n) is 3.84. The molecule has 9 heteroatoms. The lowest BCUT2D eigenvalue weighted by molar-refractivity contribution is 0.147. The molecule has 23 heavy (non-hydrogen) atoms. The molecule has 2 aromatic rings. The summed E-state index contributed by atoms with van der Waals surface area (Å²) in [6, 6.07) is 1.36. The topological polar surface area (TPSA) is 123 Å². The van der Waals surface area contributed by atoms with E-state index >= 15 is 0 Å². The highest BCUT2D eigenvalue weighted by atomic mass is 16.4. The van der Waals surface area contributed by atoms with Crippen molar-refractivity contribution in [1.29, 1.82) is 0 Å². The number of carbonyl (C=O) groups is 2. The zero-order chi connectivity index (χ0) is 16.2. The number of fused-ring (bicyclic) bond motifs is 1. The van der Waals surface area contributed by atoms with Gasteiger partial charge in [0.1, 0.15) is 5.52 Å². The largest absolute Gasteiger partial charge is 0.465 e. The number of likely N-dealkylation sites (tertiary alicyclic amines) is 1. The average Bonchev–Trinajstić information content (AvgIpc) is 2.84. The van der Waals surface area contributed by atoms with Crippen LogP contribution < -0.4 is 10.6 Å². The minimum Gasteiger partial charge on any atom is -0.465 e. The highest BCUT2D eigenvalue weighted by Gasteiger charge is 2.21. The Hall–Kier alpha value is -2.84. The molecule has 0 radical (unpaired) electrons. The number of nitrogens with one attached hydrogen (secondary N) is 3. The van der Waals surface area contributed by atoms with Crippen LogP contribution >= 0.6 is 0 Å². The van der Waals surface area contributed by atoms with E-state index < -0.39 is 6.09 Å². The lowest BCUT2D eigenvalue weighted by Crippen LogP contribution is -2.39. The molecule has 0 bridgehead atoms. The first kappa shape index (κ1) is 15.1. The second-order valence-corrected chi connectivity index (χ2v) is 5.46. The van der Waals surface area contributed by atoms with E-state index in [4.69, 9.17) is 5.11 Å². The molecule has 1 unspecified atom stereocenters. The Morgan fingerprint density at radius 3 is 3.04 bits per heavy atom. The number of nitrogens with zero attached hydrogens (tertiary/aromatic N) is 3. The molecule has 1 atom stereocenters. The van der Waals surface area contributed by atoms with Gasteiger partial charge in [-0.05, 0) is 25.3 Å². The lowest BCUT2D eigenvalue weighted by Gasteiger charge is -2.17. The minimum absolute atomic E-state index is 0.0525. The van der Waals surface area contributed by atoms with Crippen molar-refractivity contribution in [3.63, 3.8) is 0 Å². The van der Waals surface area contributed by atoms with Gasteiger partial charge in [-0.25, -0.2) is 19.6 Å². The molecule has 2 aromatic heterocycles. The Labute approximate surface area is 132 Å². The van der Waals surface area contributed by atoms with E-state index in [0.29, 0.717) is 36.5 Å². The van der Waals surface area contributed by atoms with Crippen molar-refractivity contribution in [2.24, 2.45) is 0 Å². The fourth-order valence-corrected chi connectivity index (χ4v) is 2.66. The first-order valence-electron chi connectivity index (χ1n) is 7.47. The number of hydrogen-bond acceptors (Lipinski definition) is 4. The maximum Gasteiger partial charge on any atom is 0.407 e. The average molecular weight is 318 g/mol. The van der Waals surface area contributed by atoms with Gasteiger partial charge >= 0.3 is 12.1 Å². The van der Waals surface area contributed by atoms with E-state index in [1.165, 1.54) is 11.1 Å². The van der Waals surface area contributed by atoms with Gasteiger partial charge in [-0.3, -0.25) is 5.32 Å². The van der Waals surface area contributed by atoms with Crippen LogP contribution in [0.15, 0.2) is 18.5 Å². The fourth-order valence-electron chi connectivity index (χ4n) is 2.66. The highest BCUT2D eigenvalue weighted by molar-refractivity contribution is 5.89. The number of aromatic amines is 1. The van der Waals surface area contributed by atoms with Gasteiger partial charge < -0.3 is 20.3 Å². The lowest BCUT2D eigenvalue weighted by atomic mass is 10.1. The summed E-state index contributed by atoms with van der Waals surface area (Å²) in [7, 11) is 0. The molecule has 1 aliphatic heterocycles. The summed E-state index contributed by atoms with van der Waals surface area (Å²) in [5.74, 6) is 0.371. The molecule has 1 fully saturated rings. The maximum absolute atomic E-state index is 12.1. The van der Waals surface area contributed by atoms with Gasteiger partial charge in [-0.15, -0.1) is 0 Å². The Balaban J connectivity index is 1.55. The van der Waals surface area contributed by atoms with Gasteiger partial charge in [0.2, 0.25) is 0 Å². The molecule has 4 N–H and O–H groups in total. The summed E-state index contributed by atoms with van der Waals surface area (Å²) in [4.78, 5) is 35.8. The Morgan fingerprint density at radius 2 is 2.22 bits per heavy atom. The predicted octanol–water partition coefficient (Wildman–Crippen LogP) is 1.61. The van der Waals surface area contributed by atoms with Crippen molar-refractivity contribution in [3.8, 4) is 0 Å². The number of anilines is 1. The first-order chi connectivity index (χ1) is 11.1. The van der Waals surface area contributed by atoms with Gasteiger partial charge in [0, 0.05) is 25.3 Å². The van der Waals surface area contributed by atoms with Crippen molar-refractivity contribution in [2.45, 2.75) is 25.3 Å². The van der Waals surface area contributed by atoms with Crippen LogP contribution in [0.5, 0.6) is 0 Å². The molecule has 1 aliphatic rings. The van der Waals surface area contributed by atoms with Crippen molar-refractivity contribution in [3.05, 3.63) is 18.5 Å². The van der Waals surface area contributed by atoms with Crippen molar-refractivity contribution in [1.82, 2.24) is 25.2 Å². The number of urea groups is 1. The van der Waals surface area contributed by atoms with Crippen LogP contribution in [0.3, 0.4) is 0 Å². The second-order valence-electron chi connectivity index (χ2n) is 5.46. The van der Waals surface area contributed by atoms with Crippen LogP contribution in [0.4, 0.5) is 15.4 Å². The van der Waals surface area contributed by atoms with Crippen molar-refractivity contribution >= 4 is 29.1 Å². The number of carbonyl (C=O) groups excluding carboxylic acids is 1. The van der Waals surface area contributed by atoms with Crippen LogP contribution in [0.25, 0.3) is 11.2 Å². The molecule has 1 saturated heterocycles. The van der Waals surface area contributed by atoms with E-state index in [0.717, 1.165) is 12.8 Å². The SMILES string of the molecule is O=C(Nc1cnc2[nH]ccc2n1)NC1CCCN(C(=O)O)CC1. The van der Waals surface area contributed by atoms with Gasteiger partial charge in [-0.2, -0.15) is 0 Å². The van der Waals surface area contributed by atoms with Gasteiger partial charge in [0.05, 0.1) is 6.20 Å². The summed E-state index contributed by atoms with van der Waals surface area (Å²) >= 11 is 0. The molecule has 3 amide bonds. The third kappa shape index (κ3) is 3.68. The van der Waals surface area contributed by atoms with Crippen LogP contribution in [0.1, 0.15) is 19.3 Å². The van der Waals surface area contributed by atoms with E-state index in [2.05, 4.69) is 25.6 Å². The molecule has 9 nitrogen and oxygen atoms in total. The number of amides is 3. The molecule has 3 rings (SSSR count). The number of aromatic nitrogens is 3. The van der Waals surface area contributed by atoms with E-state index in [-0.39, 0.29) is 12.1 Å². The number of rotatable bonds is 2. The molecular formula is C14H18N6O3. The first-order valence-corrected chi connectivity index (χ1v) is 7.47. The van der Waals surface area contributed by atoms with Crippen molar-refractivity contribution in [2.75, 3.05) is 18.4 Å². The summed E-state index contributed by atoms with van der Waals surface area (Å²) in [5.41, 5.74) is 1.34. The van der Waals surface area contributed by atoms with Crippen LogP contribution in [-0.2, 0) is 0 Å². The predicted molar refractivity (Wildman–Crippen MR) is 83.3 cm³/mol. The minimum atomic E-state index is -0.912. The van der Waals surface area contributed by atoms with Gasteiger partial charge in [0.25, 0.3) is 0 Å². The van der Waals surface area contributed by atoms with E-state index in [1.54, 1.807) is 12.3 Å². The number of hydrogen-bond donors (Lipinski definition) is 4. The fraction of sp³-hybridized carbons (Fsp3) is 0.429.